The molecular formula is C25H29FN4O3. The second-order valence-corrected chi connectivity index (χ2v) is 8.93. The van der Waals surface area contributed by atoms with Gasteiger partial charge in [-0.15, -0.1) is 0 Å². The van der Waals surface area contributed by atoms with Crippen molar-refractivity contribution in [1.29, 1.82) is 0 Å². The number of likely N-dealkylation sites (tertiary alicyclic amines) is 1. The van der Waals surface area contributed by atoms with Gasteiger partial charge in [-0.25, -0.2) is 9.18 Å². The summed E-state index contributed by atoms with van der Waals surface area (Å²) in [5.74, 6) is -0.365. The molecule has 3 aliphatic rings. The van der Waals surface area contributed by atoms with Crippen molar-refractivity contribution in [2.24, 2.45) is 0 Å². The van der Waals surface area contributed by atoms with Crippen molar-refractivity contribution in [1.82, 2.24) is 20.0 Å². The number of rotatable bonds is 3. The molecule has 0 unspecified atom stereocenters. The molecule has 7 nitrogen and oxygen atoms in total. The number of fused-ring (bicyclic) bond motifs is 1. The third kappa shape index (κ3) is 4.72. The van der Waals surface area contributed by atoms with E-state index in [1.807, 2.05) is 40.1 Å². The standard InChI is InChI=1S/C25H29FN4O3/c26-20-8-6-19(7-9-20)24(18-4-2-1-3-5-18)28-12-14-29(15-13-28)25(32)30-11-10-22-21(16-30)27-23(31)17-33-22/h1-9,21-22,24H,10-17H2,(H,27,31)/t21-,22+,24-/m1/s1. The van der Waals surface area contributed by atoms with Crippen LogP contribution in [0.3, 0.4) is 0 Å². The van der Waals surface area contributed by atoms with E-state index in [0.717, 1.165) is 30.6 Å². The van der Waals surface area contributed by atoms with Crippen LogP contribution in [0.2, 0.25) is 0 Å². The molecule has 0 aromatic heterocycles. The summed E-state index contributed by atoms with van der Waals surface area (Å²) < 4.78 is 19.1. The zero-order valence-electron chi connectivity index (χ0n) is 18.5. The van der Waals surface area contributed by atoms with E-state index in [9.17, 15) is 14.0 Å². The average Bonchev–Trinajstić information content (AvgIpc) is 2.85. The van der Waals surface area contributed by atoms with Gasteiger partial charge in [-0.05, 0) is 29.7 Å². The summed E-state index contributed by atoms with van der Waals surface area (Å²) >= 11 is 0. The van der Waals surface area contributed by atoms with Crippen molar-refractivity contribution < 1.29 is 18.7 Å². The number of nitrogens with zero attached hydrogens (tertiary/aromatic N) is 3. The van der Waals surface area contributed by atoms with Crippen molar-refractivity contribution in [3.63, 3.8) is 0 Å². The van der Waals surface area contributed by atoms with E-state index in [-0.39, 0.29) is 42.6 Å². The minimum absolute atomic E-state index is 0.00839. The Hall–Kier alpha value is -2.97. The van der Waals surface area contributed by atoms with Crippen LogP contribution in [-0.4, -0.2) is 84.7 Å². The smallest absolute Gasteiger partial charge is 0.320 e. The number of carbonyl (C=O) groups excluding carboxylic acids is 2. The van der Waals surface area contributed by atoms with Gasteiger partial charge in [-0.2, -0.15) is 0 Å². The van der Waals surface area contributed by atoms with E-state index in [1.54, 1.807) is 0 Å². The number of halogens is 1. The third-order valence-corrected chi connectivity index (χ3v) is 6.85. The predicted molar refractivity (Wildman–Crippen MR) is 121 cm³/mol. The molecule has 8 heteroatoms. The zero-order chi connectivity index (χ0) is 22.8. The summed E-state index contributed by atoms with van der Waals surface area (Å²) in [6.45, 7) is 3.92. The third-order valence-electron chi connectivity index (χ3n) is 6.85. The Balaban J connectivity index is 1.25. The molecule has 2 aromatic carbocycles. The number of ether oxygens (including phenoxy) is 1. The van der Waals surface area contributed by atoms with Crippen LogP contribution < -0.4 is 5.32 Å². The molecule has 3 saturated heterocycles. The lowest BCUT2D eigenvalue weighted by atomic mass is 9.96. The van der Waals surface area contributed by atoms with Gasteiger partial charge in [0.15, 0.2) is 0 Å². The Morgan fingerprint density at radius 2 is 1.64 bits per heavy atom. The fourth-order valence-corrected chi connectivity index (χ4v) is 5.14. The number of urea groups is 1. The van der Waals surface area contributed by atoms with Gasteiger partial charge in [0.1, 0.15) is 12.4 Å². The number of benzene rings is 2. The van der Waals surface area contributed by atoms with Crippen LogP contribution in [0.25, 0.3) is 0 Å². The normalized spacial score (nSPS) is 24.7. The first kappa shape index (κ1) is 21.9. The number of hydrogen-bond acceptors (Lipinski definition) is 4. The maximum absolute atomic E-state index is 13.5. The van der Waals surface area contributed by atoms with Gasteiger partial charge in [0.25, 0.3) is 0 Å². The fourth-order valence-electron chi connectivity index (χ4n) is 5.14. The summed E-state index contributed by atoms with van der Waals surface area (Å²) in [7, 11) is 0. The van der Waals surface area contributed by atoms with E-state index in [0.29, 0.717) is 26.2 Å². The highest BCUT2D eigenvalue weighted by atomic mass is 19.1. The number of amides is 3. The topological polar surface area (TPSA) is 65.1 Å². The molecule has 0 aliphatic carbocycles. The largest absolute Gasteiger partial charge is 0.366 e. The molecule has 3 atom stereocenters. The lowest BCUT2D eigenvalue weighted by Gasteiger charge is -2.44. The van der Waals surface area contributed by atoms with Gasteiger partial charge in [0.2, 0.25) is 5.91 Å². The Morgan fingerprint density at radius 3 is 2.36 bits per heavy atom. The monoisotopic (exact) mass is 452 g/mol. The zero-order valence-corrected chi connectivity index (χ0v) is 18.5. The van der Waals surface area contributed by atoms with Crippen molar-refractivity contribution in [3.05, 3.63) is 71.5 Å². The van der Waals surface area contributed by atoms with E-state index >= 15 is 0 Å². The maximum Gasteiger partial charge on any atom is 0.320 e. The average molecular weight is 453 g/mol. The van der Waals surface area contributed by atoms with Gasteiger partial charge in [0.05, 0.1) is 18.2 Å². The fraction of sp³-hybridized carbons (Fsp3) is 0.440. The van der Waals surface area contributed by atoms with E-state index < -0.39 is 0 Å². The maximum atomic E-state index is 13.5. The molecule has 3 heterocycles. The minimum Gasteiger partial charge on any atom is -0.366 e. The Bertz CT molecular complexity index is 979. The van der Waals surface area contributed by atoms with Crippen LogP contribution in [0.5, 0.6) is 0 Å². The molecule has 2 aromatic rings. The van der Waals surface area contributed by atoms with Crippen molar-refractivity contribution >= 4 is 11.9 Å². The first-order valence-electron chi connectivity index (χ1n) is 11.6. The van der Waals surface area contributed by atoms with Crippen LogP contribution in [0, 0.1) is 5.82 Å². The molecule has 3 fully saturated rings. The summed E-state index contributed by atoms with van der Waals surface area (Å²) in [5, 5.41) is 2.96. The second-order valence-electron chi connectivity index (χ2n) is 8.93. The first-order chi connectivity index (χ1) is 16.1. The lowest BCUT2D eigenvalue weighted by molar-refractivity contribution is -0.139. The molecule has 5 rings (SSSR count). The highest BCUT2D eigenvalue weighted by Crippen LogP contribution is 2.30. The van der Waals surface area contributed by atoms with Crippen LogP contribution in [0.15, 0.2) is 54.6 Å². The Morgan fingerprint density at radius 1 is 0.939 bits per heavy atom. The van der Waals surface area contributed by atoms with Crippen LogP contribution in [0.1, 0.15) is 23.6 Å². The van der Waals surface area contributed by atoms with Gasteiger partial charge < -0.3 is 19.9 Å². The SMILES string of the molecule is O=C1CO[C@H]2CCN(C(=O)N3CCN([C@H](c4ccccc4)c4ccc(F)cc4)CC3)C[C@H]2N1. The molecule has 0 spiro atoms. The van der Waals surface area contributed by atoms with Gasteiger partial charge >= 0.3 is 6.03 Å². The Kier molecular flexibility index (Phi) is 6.28. The molecular weight excluding hydrogens is 423 g/mol. The van der Waals surface area contributed by atoms with E-state index in [2.05, 4.69) is 22.3 Å². The number of morpholine rings is 1. The molecule has 33 heavy (non-hydrogen) atoms. The van der Waals surface area contributed by atoms with Crippen LogP contribution >= 0.6 is 0 Å². The van der Waals surface area contributed by atoms with Gasteiger partial charge in [0, 0.05) is 39.3 Å². The number of piperidine rings is 1. The molecule has 1 N–H and O–H groups in total. The van der Waals surface area contributed by atoms with Crippen LogP contribution in [0.4, 0.5) is 9.18 Å². The molecule has 0 radical (unpaired) electrons. The van der Waals surface area contributed by atoms with E-state index in [1.165, 1.54) is 12.1 Å². The lowest BCUT2D eigenvalue weighted by Crippen LogP contribution is -2.63. The van der Waals surface area contributed by atoms with Crippen molar-refractivity contribution in [2.45, 2.75) is 24.6 Å². The van der Waals surface area contributed by atoms with Crippen LogP contribution in [-0.2, 0) is 9.53 Å². The summed E-state index contributed by atoms with van der Waals surface area (Å²) in [5.41, 5.74) is 2.19. The molecule has 0 saturated carbocycles. The molecule has 174 valence electrons. The minimum atomic E-state index is -0.246. The second kappa shape index (κ2) is 9.49. The molecule has 0 bridgehead atoms. The van der Waals surface area contributed by atoms with Crippen molar-refractivity contribution in [3.8, 4) is 0 Å². The number of carbonyl (C=O) groups is 2. The summed E-state index contributed by atoms with van der Waals surface area (Å²) in [6.07, 6.45) is 0.725. The number of piperazine rings is 1. The quantitative estimate of drug-likeness (QED) is 0.776. The van der Waals surface area contributed by atoms with E-state index in [4.69, 9.17) is 4.74 Å². The number of hydrogen-bond donors (Lipinski definition) is 1. The summed E-state index contributed by atoms with van der Waals surface area (Å²) in [4.78, 5) is 31.0. The highest BCUT2D eigenvalue weighted by molar-refractivity contribution is 5.79. The predicted octanol–water partition coefficient (Wildman–Crippen LogP) is 2.24. The van der Waals surface area contributed by atoms with Crippen molar-refractivity contribution in [2.75, 3.05) is 45.9 Å². The Labute approximate surface area is 193 Å². The van der Waals surface area contributed by atoms with Gasteiger partial charge in [-0.3, -0.25) is 9.69 Å². The van der Waals surface area contributed by atoms with Gasteiger partial charge in [-0.1, -0.05) is 42.5 Å². The highest BCUT2D eigenvalue weighted by Gasteiger charge is 2.38. The summed E-state index contributed by atoms with van der Waals surface area (Å²) in [6, 6.07) is 16.8. The molecule has 3 amide bonds. The molecule has 3 aliphatic heterocycles. The number of nitrogens with one attached hydrogen (secondary N) is 1. The first-order valence-corrected chi connectivity index (χ1v) is 11.6.